The summed E-state index contributed by atoms with van der Waals surface area (Å²) in [5.74, 6) is 0. The topological polar surface area (TPSA) is 59.8 Å². The van der Waals surface area contributed by atoms with Gasteiger partial charge in [0, 0.05) is 5.41 Å². The predicted molar refractivity (Wildman–Crippen MR) is 103 cm³/mol. The predicted octanol–water partition coefficient (Wildman–Crippen LogP) is 1.23. The summed E-state index contributed by atoms with van der Waals surface area (Å²) in [7, 11) is -3.55. The molecule has 0 radical (unpaired) electrons. The van der Waals surface area contributed by atoms with Crippen LogP contribution in [0.2, 0.25) is 0 Å². The quantitative estimate of drug-likeness (QED) is 0.768. The Labute approximate surface area is 155 Å². The third kappa shape index (κ3) is 5.78. The van der Waals surface area contributed by atoms with Crippen molar-refractivity contribution in [2.45, 2.75) is 6.04 Å². The Morgan fingerprint density at radius 2 is 1.62 bits per heavy atom. The summed E-state index contributed by atoms with van der Waals surface area (Å²) in [5.41, 5.74) is 1.83. The molecule has 0 unspecified atom stereocenters. The fourth-order valence-electron chi connectivity index (χ4n) is 3.04. The summed E-state index contributed by atoms with van der Waals surface area (Å²) in [6.45, 7) is 3.93. The van der Waals surface area contributed by atoms with Crippen molar-refractivity contribution < 1.29 is 18.1 Å². The maximum atomic E-state index is 12.6. The van der Waals surface area contributed by atoms with E-state index >= 15 is 0 Å². The molecule has 138 valence electrons. The Morgan fingerprint density at radius 3 is 2.27 bits per heavy atom. The molecule has 1 fully saturated rings. The lowest BCUT2D eigenvalue weighted by Gasteiger charge is -2.28. The molecular formula is C20H25N2O3S+. The van der Waals surface area contributed by atoms with Gasteiger partial charge in [0.2, 0.25) is 10.0 Å². The third-order valence-electron chi connectivity index (χ3n) is 4.44. The van der Waals surface area contributed by atoms with Gasteiger partial charge in [-0.1, -0.05) is 60.7 Å². The van der Waals surface area contributed by atoms with Crippen LogP contribution in [-0.2, 0) is 14.8 Å². The normalized spacial score (nSPS) is 17.4. The van der Waals surface area contributed by atoms with Crippen molar-refractivity contribution >= 4 is 16.1 Å². The Balaban J connectivity index is 1.74. The molecule has 5 nitrogen and oxygen atoms in total. The highest BCUT2D eigenvalue weighted by Crippen LogP contribution is 2.13. The molecule has 1 atom stereocenters. The van der Waals surface area contributed by atoms with Gasteiger partial charge in [0.25, 0.3) is 0 Å². The van der Waals surface area contributed by atoms with Crippen molar-refractivity contribution in [2.75, 3.05) is 32.8 Å². The van der Waals surface area contributed by atoms with Crippen LogP contribution in [-0.4, -0.2) is 41.3 Å². The van der Waals surface area contributed by atoms with Crippen LogP contribution in [0.5, 0.6) is 0 Å². The summed E-state index contributed by atoms with van der Waals surface area (Å²) >= 11 is 0. The van der Waals surface area contributed by atoms with E-state index in [1.165, 1.54) is 10.3 Å². The highest BCUT2D eigenvalue weighted by molar-refractivity contribution is 7.92. The first-order chi connectivity index (χ1) is 12.6. The highest BCUT2D eigenvalue weighted by atomic mass is 32.2. The van der Waals surface area contributed by atoms with E-state index in [2.05, 4.69) is 4.72 Å². The summed E-state index contributed by atoms with van der Waals surface area (Å²) in [4.78, 5) is 1.35. The number of sulfonamides is 1. The maximum absolute atomic E-state index is 12.6. The van der Waals surface area contributed by atoms with Gasteiger partial charge in [0.15, 0.2) is 0 Å². The number of quaternary nitrogens is 1. The van der Waals surface area contributed by atoms with E-state index in [0.717, 1.165) is 37.4 Å². The van der Waals surface area contributed by atoms with Gasteiger partial charge in [-0.15, -0.1) is 0 Å². The molecule has 1 saturated heterocycles. The standard InChI is InChI=1S/C20H24N2O3S/c23-26(24,16-11-18-7-3-1-4-8-18)21-20(19-9-5-2-6-10-19)17-22-12-14-25-15-13-22/h1-11,16,20-21H,12-15,17H2/p+1/b16-11+/t20-/m0/s1. The molecule has 0 bridgehead atoms. The number of ether oxygens (including phenoxy) is 1. The first kappa shape index (κ1) is 18.8. The van der Waals surface area contributed by atoms with Crippen LogP contribution in [0.15, 0.2) is 66.1 Å². The van der Waals surface area contributed by atoms with Gasteiger partial charge in [-0.05, 0) is 17.2 Å². The minimum atomic E-state index is -3.55. The molecule has 2 aromatic rings. The summed E-state index contributed by atoms with van der Waals surface area (Å²) in [6, 6.07) is 18.9. The van der Waals surface area contributed by atoms with E-state index in [-0.39, 0.29) is 6.04 Å². The SMILES string of the molecule is O=S(=O)(/C=C/c1ccccc1)N[C@@H](C[NH+]1CCOCC1)c1ccccc1. The molecule has 1 heterocycles. The van der Waals surface area contributed by atoms with Gasteiger partial charge < -0.3 is 9.64 Å². The lowest BCUT2D eigenvalue weighted by molar-refractivity contribution is -0.909. The number of benzene rings is 2. The molecule has 0 aliphatic carbocycles. The number of hydrogen-bond acceptors (Lipinski definition) is 3. The fourth-order valence-corrected chi connectivity index (χ4v) is 4.07. The lowest BCUT2D eigenvalue weighted by atomic mass is 10.1. The molecule has 0 aromatic heterocycles. The Kier molecular flexibility index (Phi) is 6.57. The fraction of sp³-hybridized carbons (Fsp3) is 0.300. The minimum absolute atomic E-state index is 0.269. The minimum Gasteiger partial charge on any atom is -0.370 e. The summed E-state index contributed by atoms with van der Waals surface area (Å²) in [5, 5.41) is 1.24. The molecule has 0 saturated carbocycles. The van der Waals surface area contributed by atoms with Crippen LogP contribution < -0.4 is 9.62 Å². The van der Waals surface area contributed by atoms with E-state index in [1.807, 2.05) is 60.7 Å². The second kappa shape index (κ2) is 9.09. The Bertz CT molecular complexity index is 801. The Hall–Kier alpha value is -1.99. The van der Waals surface area contributed by atoms with Gasteiger partial charge >= 0.3 is 0 Å². The molecule has 3 rings (SSSR count). The molecule has 2 aromatic carbocycles. The van der Waals surface area contributed by atoms with Crippen molar-refractivity contribution in [3.05, 3.63) is 77.2 Å². The second-order valence-corrected chi connectivity index (χ2v) is 8.00. The summed E-state index contributed by atoms with van der Waals surface area (Å²) < 4.78 is 33.5. The average molecular weight is 373 g/mol. The van der Waals surface area contributed by atoms with E-state index in [0.29, 0.717) is 6.54 Å². The molecule has 0 spiro atoms. The van der Waals surface area contributed by atoms with Crippen molar-refractivity contribution in [1.29, 1.82) is 0 Å². The van der Waals surface area contributed by atoms with Crippen LogP contribution in [0.4, 0.5) is 0 Å². The van der Waals surface area contributed by atoms with Gasteiger partial charge in [0.1, 0.15) is 13.1 Å². The summed E-state index contributed by atoms with van der Waals surface area (Å²) in [6.07, 6.45) is 1.62. The van der Waals surface area contributed by atoms with Crippen LogP contribution in [0.25, 0.3) is 6.08 Å². The molecule has 1 aliphatic rings. The molecule has 0 amide bonds. The number of hydrogen-bond donors (Lipinski definition) is 2. The lowest BCUT2D eigenvalue weighted by Crippen LogP contribution is -3.14. The first-order valence-electron chi connectivity index (χ1n) is 8.84. The van der Waals surface area contributed by atoms with Crippen molar-refractivity contribution in [3.8, 4) is 0 Å². The third-order valence-corrected chi connectivity index (χ3v) is 5.55. The Morgan fingerprint density at radius 1 is 1.00 bits per heavy atom. The molecule has 2 N–H and O–H groups in total. The number of rotatable bonds is 7. The monoisotopic (exact) mass is 373 g/mol. The van der Waals surface area contributed by atoms with E-state index in [9.17, 15) is 8.42 Å². The molecule has 6 heteroatoms. The highest BCUT2D eigenvalue weighted by Gasteiger charge is 2.24. The molecular weight excluding hydrogens is 348 g/mol. The van der Waals surface area contributed by atoms with E-state index in [4.69, 9.17) is 4.74 Å². The van der Waals surface area contributed by atoms with Crippen LogP contribution in [0.1, 0.15) is 17.2 Å². The molecule has 26 heavy (non-hydrogen) atoms. The zero-order valence-corrected chi connectivity index (χ0v) is 15.5. The van der Waals surface area contributed by atoms with Crippen molar-refractivity contribution in [1.82, 2.24) is 4.72 Å². The second-order valence-electron chi connectivity index (χ2n) is 6.41. The average Bonchev–Trinajstić information content (AvgIpc) is 2.68. The number of morpholine rings is 1. The zero-order valence-electron chi connectivity index (χ0n) is 14.7. The van der Waals surface area contributed by atoms with Crippen LogP contribution >= 0.6 is 0 Å². The van der Waals surface area contributed by atoms with Crippen molar-refractivity contribution in [2.24, 2.45) is 0 Å². The van der Waals surface area contributed by atoms with Gasteiger partial charge in [-0.25, -0.2) is 8.42 Å². The maximum Gasteiger partial charge on any atom is 0.234 e. The smallest absolute Gasteiger partial charge is 0.234 e. The zero-order chi connectivity index (χ0) is 18.2. The van der Waals surface area contributed by atoms with Crippen LogP contribution in [0.3, 0.4) is 0 Å². The van der Waals surface area contributed by atoms with Gasteiger partial charge in [0.05, 0.1) is 25.8 Å². The van der Waals surface area contributed by atoms with E-state index < -0.39 is 10.0 Å². The molecule has 1 aliphatic heterocycles. The van der Waals surface area contributed by atoms with Crippen molar-refractivity contribution in [3.63, 3.8) is 0 Å². The van der Waals surface area contributed by atoms with Gasteiger partial charge in [-0.2, -0.15) is 4.72 Å². The van der Waals surface area contributed by atoms with Crippen LogP contribution in [0, 0.1) is 0 Å². The first-order valence-corrected chi connectivity index (χ1v) is 10.4. The number of nitrogens with one attached hydrogen (secondary N) is 2. The largest absolute Gasteiger partial charge is 0.370 e. The van der Waals surface area contributed by atoms with Gasteiger partial charge in [-0.3, -0.25) is 0 Å². The van der Waals surface area contributed by atoms with E-state index in [1.54, 1.807) is 6.08 Å².